The lowest BCUT2D eigenvalue weighted by atomic mass is 10.0. The van der Waals surface area contributed by atoms with Gasteiger partial charge >= 0.3 is 0 Å². The molecule has 0 atom stereocenters. The fourth-order valence-corrected chi connectivity index (χ4v) is 5.43. The van der Waals surface area contributed by atoms with Gasteiger partial charge in [-0.1, -0.05) is 29.3 Å². The van der Waals surface area contributed by atoms with Crippen molar-refractivity contribution >= 4 is 50.5 Å². The van der Waals surface area contributed by atoms with Crippen LogP contribution in [-0.4, -0.2) is 31.6 Å². The number of amides is 1. The summed E-state index contributed by atoms with van der Waals surface area (Å²) in [5.41, 5.74) is 2.52. The number of carbonyl (C=O) groups excluding carboxylic acids is 1. The smallest absolute Gasteiger partial charge is 0.257 e. The number of aromatic nitrogens is 1. The monoisotopic (exact) mass is 486 g/mol. The van der Waals surface area contributed by atoms with Gasteiger partial charge in [-0.05, 0) is 48.4 Å². The number of anilines is 2. The second-order valence-electron chi connectivity index (χ2n) is 7.14. The van der Waals surface area contributed by atoms with E-state index in [0.717, 1.165) is 5.56 Å². The summed E-state index contributed by atoms with van der Waals surface area (Å²) in [5.74, 6) is -0.546. The first-order chi connectivity index (χ1) is 15.3. The Balaban J connectivity index is 1.70. The van der Waals surface area contributed by atoms with Crippen molar-refractivity contribution in [3.63, 3.8) is 0 Å². The maximum atomic E-state index is 13.0. The Bertz CT molecular complexity index is 1360. The number of pyridine rings is 1. The maximum Gasteiger partial charge on any atom is 0.257 e. The highest BCUT2D eigenvalue weighted by molar-refractivity contribution is 7.93. The van der Waals surface area contributed by atoms with E-state index < -0.39 is 15.9 Å². The van der Waals surface area contributed by atoms with Crippen molar-refractivity contribution in [2.45, 2.75) is 6.42 Å². The number of nitrogens with one attached hydrogen (secondary N) is 1. The predicted molar refractivity (Wildman–Crippen MR) is 125 cm³/mol. The maximum absolute atomic E-state index is 13.0. The number of carbonyl (C=O) groups is 1. The Kier molecular flexibility index (Phi) is 6.07. The van der Waals surface area contributed by atoms with E-state index >= 15 is 0 Å². The molecule has 1 fully saturated rings. The molecule has 162 valence electrons. The number of rotatable bonds is 4. The van der Waals surface area contributed by atoms with Gasteiger partial charge in [-0.15, -0.1) is 0 Å². The summed E-state index contributed by atoms with van der Waals surface area (Å²) in [4.78, 5) is 17.1. The van der Waals surface area contributed by atoms with Gasteiger partial charge < -0.3 is 5.32 Å². The highest BCUT2D eigenvalue weighted by atomic mass is 35.5. The van der Waals surface area contributed by atoms with Crippen LogP contribution in [0.2, 0.25) is 10.0 Å². The Morgan fingerprint density at radius 2 is 1.97 bits per heavy atom. The summed E-state index contributed by atoms with van der Waals surface area (Å²) in [6.45, 7) is 0.306. The molecule has 0 aliphatic carbocycles. The molecule has 4 rings (SSSR count). The molecule has 1 N–H and O–H groups in total. The molecule has 0 bridgehead atoms. The van der Waals surface area contributed by atoms with Crippen molar-refractivity contribution in [1.29, 1.82) is 5.26 Å². The summed E-state index contributed by atoms with van der Waals surface area (Å²) in [5, 5.41) is 12.2. The molecule has 1 aromatic heterocycles. The van der Waals surface area contributed by atoms with E-state index in [9.17, 15) is 18.5 Å². The molecule has 0 unspecified atom stereocenters. The van der Waals surface area contributed by atoms with E-state index in [0.29, 0.717) is 29.8 Å². The van der Waals surface area contributed by atoms with Crippen LogP contribution in [0.1, 0.15) is 22.3 Å². The van der Waals surface area contributed by atoms with Crippen LogP contribution in [0.25, 0.3) is 11.1 Å². The number of nitrogens with zero attached hydrogens (tertiary/aromatic N) is 3. The third kappa shape index (κ3) is 4.41. The minimum absolute atomic E-state index is 0.00781. The third-order valence-electron chi connectivity index (χ3n) is 4.96. The van der Waals surface area contributed by atoms with Crippen LogP contribution in [0, 0.1) is 11.3 Å². The molecule has 32 heavy (non-hydrogen) atoms. The summed E-state index contributed by atoms with van der Waals surface area (Å²) >= 11 is 12.5. The summed E-state index contributed by atoms with van der Waals surface area (Å²) < 4.78 is 25.8. The lowest BCUT2D eigenvalue weighted by Gasteiger charge is -2.19. The van der Waals surface area contributed by atoms with Crippen LogP contribution >= 0.6 is 23.2 Å². The molecule has 2 heterocycles. The summed E-state index contributed by atoms with van der Waals surface area (Å²) in [6, 6.07) is 13.4. The molecule has 1 amide bonds. The zero-order valence-electron chi connectivity index (χ0n) is 16.5. The van der Waals surface area contributed by atoms with Crippen LogP contribution in [0.4, 0.5) is 11.4 Å². The fraction of sp³-hybridized carbons (Fsp3) is 0.136. The Morgan fingerprint density at radius 1 is 1.16 bits per heavy atom. The molecule has 0 saturated carbocycles. The zero-order chi connectivity index (χ0) is 22.9. The number of sulfonamides is 1. The van der Waals surface area contributed by atoms with E-state index in [1.165, 1.54) is 22.5 Å². The van der Waals surface area contributed by atoms with E-state index in [2.05, 4.69) is 16.4 Å². The molecular weight excluding hydrogens is 471 g/mol. The van der Waals surface area contributed by atoms with Crippen LogP contribution < -0.4 is 9.62 Å². The van der Waals surface area contributed by atoms with Crippen molar-refractivity contribution in [2.24, 2.45) is 0 Å². The average molecular weight is 487 g/mol. The van der Waals surface area contributed by atoms with Crippen LogP contribution in [0.15, 0.2) is 54.9 Å². The summed E-state index contributed by atoms with van der Waals surface area (Å²) in [6.07, 6.45) is 3.78. The quantitative estimate of drug-likeness (QED) is 0.574. The van der Waals surface area contributed by atoms with E-state index in [4.69, 9.17) is 23.2 Å². The van der Waals surface area contributed by atoms with Gasteiger partial charge in [-0.25, -0.2) is 8.42 Å². The van der Waals surface area contributed by atoms with Crippen LogP contribution in [0.3, 0.4) is 0 Å². The van der Waals surface area contributed by atoms with Crippen molar-refractivity contribution < 1.29 is 13.2 Å². The van der Waals surface area contributed by atoms with Crippen LogP contribution in [0.5, 0.6) is 0 Å². The fourth-order valence-electron chi connectivity index (χ4n) is 3.48. The van der Waals surface area contributed by atoms with Gasteiger partial charge in [0.15, 0.2) is 0 Å². The van der Waals surface area contributed by atoms with Gasteiger partial charge in [-0.3, -0.25) is 14.1 Å². The first-order valence-corrected chi connectivity index (χ1v) is 11.9. The SMILES string of the molecule is N#Cc1cc(NC(=O)c2cc(N3CCCS3(=O)=O)cc(Cl)c2Cl)cc(-c2cccnc2)c1. The van der Waals surface area contributed by atoms with E-state index in [1.807, 2.05) is 6.07 Å². The van der Waals surface area contributed by atoms with Crippen molar-refractivity contribution in [2.75, 3.05) is 21.9 Å². The zero-order valence-corrected chi connectivity index (χ0v) is 18.9. The number of nitriles is 1. The van der Waals surface area contributed by atoms with Crippen molar-refractivity contribution in [1.82, 2.24) is 4.98 Å². The average Bonchev–Trinajstić information content (AvgIpc) is 3.14. The normalized spacial score (nSPS) is 14.7. The topological polar surface area (TPSA) is 103 Å². The van der Waals surface area contributed by atoms with Crippen LogP contribution in [-0.2, 0) is 10.0 Å². The molecule has 1 aliphatic heterocycles. The second-order valence-corrected chi connectivity index (χ2v) is 9.94. The molecule has 7 nitrogen and oxygen atoms in total. The highest BCUT2D eigenvalue weighted by Gasteiger charge is 2.30. The largest absolute Gasteiger partial charge is 0.322 e. The second kappa shape index (κ2) is 8.79. The number of benzene rings is 2. The lowest BCUT2D eigenvalue weighted by molar-refractivity contribution is 0.102. The van der Waals surface area contributed by atoms with Gasteiger partial charge in [0, 0.05) is 30.2 Å². The molecule has 10 heteroatoms. The minimum Gasteiger partial charge on any atom is -0.322 e. The Hall–Kier alpha value is -3.12. The summed E-state index contributed by atoms with van der Waals surface area (Å²) in [7, 11) is -3.46. The van der Waals surface area contributed by atoms with E-state index in [-0.39, 0.29) is 27.0 Å². The molecule has 1 saturated heterocycles. The van der Waals surface area contributed by atoms with Gasteiger partial charge in [0.25, 0.3) is 5.91 Å². The minimum atomic E-state index is -3.46. The molecule has 1 aliphatic rings. The first kappa shape index (κ1) is 22.1. The molecular formula is C22H16Cl2N4O3S. The first-order valence-electron chi connectivity index (χ1n) is 9.55. The number of hydrogen-bond donors (Lipinski definition) is 1. The molecule has 3 aromatic rings. The van der Waals surface area contributed by atoms with Crippen molar-refractivity contribution in [3.05, 3.63) is 76.0 Å². The number of hydrogen-bond acceptors (Lipinski definition) is 5. The van der Waals surface area contributed by atoms with Gasteiger partial charge in [0.05, 0.1) is 38.7 Å². The lowest BCUT2D eigenvalue weighted by Crippen LogP contribution is -2.25. The third-order valence-corrected chi connectivity index (χ3v) is 7.63. The van der Waals surface area contributed by atoms with Gasteiger partial charge in [0.2, 0.25) is 10.0 Å². The van der Waals surface area contributed by atoms with Gasteiger partial charge in [-0.2, -0.15) is 5.26 Å². The molecule has 2 aromatic carbocycles. The van der Waals surface area contributed by atoms with Crippen molar-refractivity contribution in [3.8, 4) is 17.2 Å². The highest BCUT2D eigenvalue weighted by Crippen LogP contribution is 2.35. The molecule has 0 radical (unpaired) electrons. The standard InChI is InChI=1S/C22H16Cl2N4O3S/c23-20-11-18(28-5-2-6-32(28,30)31)10-19(21(20)24)22(29)27-17-8-14(12-25)7-16(9-17)15-3-1-4-26-13-15/h1,3-4,7-11,13H,2,5-6H2,(H,27,29). The molecule has 0 spiro atoms. The Labute approximate surface area is 195 Å². The Morgan fingerprint density at radius 3 is 2.62 bits per heavy atom. The van der Waals surface area contributed by atoms with E-state index in [1.54, 1.807) is 30.6 Å². The van der Waals surface area contributed by atoms with Gasteiger partial charge in [0.1, 0.15) is 0 Å². The predicted octanol–water partition coefficient (Wildman–Crippen LogP) is 4.72. The number of halogens is 2.